The maximum atomic E-state index is 10.4. The van der Waals surface area contributed by atoms with E-state index in [1.54, 1.807) is 18.2 Å². The summed E-state index contributed by atoms with van der Waals surface area (Å²) in [6, 6.07) is 7.07. The third-order valence-electron chi connectivity index (χ3n) is 2.50. The van der Waals surface area contributed by atoms with Crippen LogP contribution >= 0.6 is 0 Å². The number of aromatic hydroxyl groups is 1. The van der Waals surface area contributed by atoms with Gasteiger partial charge in [0.1, 0.15) is 0 Å². The first-order valence-electron chi connectivity index (χ1n) is 4.83. The van der Waals surface area contributed by atoms with Crippen LogP contribution in [0.4, 0.5) is 0 Å². The van der Waals surface area contributed by atoms with Gasteiger partial charge in [-0.05, 0) is 0 Å². The molecule has 1 unspecified atom stereocenters. The molecule has 1 aromatic carbocycles. The van der Waals surface area contributed by atoms with Gasteiger partial charge in [-0.15, -0.1) is 0 Å². The molecule has 14 heavy (non-hydrogen) atoms. The van der Waals surface area contributed by atoms with Gasteiger partial charge >= 0.3 is 94.3 Å². The Morgan fingerprint density at radius 3 is 2.79 bits per heavy atom. The molecule has 1 aliphatic rings. The first-order chi connectivity index (χ1) is 6.71. The molecular weight excluding hydrogens is 291 g/mol. The van der Waals surface area contributed by atoms with Crippen LogP contribution in [0.3, 0.4) is 0 Å². The first-order valence-corrected chi connectivity index (χ1v) is 7.43. The van der Waals surface area contributed by atoms with Crippen molar-refractivity contribution in [2.24, 2.45) is 0 Å². The number of hydrogen-bond donors (Lipinski definition) is 2. The Kier molecular flexibility index (Phi) is 2.97. The summed E-state index contributed by atoms with van der Waals surface area (Å²) in [4.78, 5) is 0. The molecule has 1 fully saturated rings. The van der Waals surface area contributed by atoms with Gasteiger partial charge in [-0.3, -0.25) is 0 Å². The average molecular weight is 305 g/mol. The van der Waals surface area contributed by atoms with Crippen LogP contribution in [0.25, 0.3) is 0 Å². The third kappa shape index (κ3) is 2.03. The van der Waals surface area contributed by atoms with E-state index < -0.39 is 3.61 Å². The van der Waals surface area contributed by atoms with E-state index in [1.807, 2.05) is 6.07 Å². The van der Waals surface area contributed by atoms with Crippen molar-refractivity contribution < 1.29 is 31.4 Å². The molecule has 0 aliphatic carbocycles. The Labute approximate surface area is 94.2 Å². The number of hydrogen-bond acceptors (Lipinski definition) is 2. The van der Waals surface area contributed by atoms with Gasteiger partial charge in [0.2, 0.25) is 0 Å². The second-order valence-corrected chi connectivity index (χ2v) is 7.22. The van der Waals surface area contributed by atoms with Crippen molar-refractivity contribution in [3.8, 4) is 5.75 Å². The normalized spacial score (nSPS) is 28.1. The number of benzene rings is 1. The maximum absolute atomic E-state index is 10.4. The Morgan fingerprint density at radius 1 is 1.29 bits per heavy atom. The van der Waals surface area contributed by atoms with E-state index >= 15 is 0 Å². The Morgan fingerprint density at radius 2 is 2.14 bits per heavy atom. The molecule has 1 atom stereocenters. The molecule has 0 spiro atoms. The van der Waals surface area contributed by atoms with Crippen LogP contribution in [0, 0.1) is 0 Å². The standard InChI is InChI=1S/C11H14IO2/c13-10-5-3-4-9(8-10)11(14)6-1-2-7-12-11/h3-5,8,13-14H,1-2,6-7H2/q-1. The van der Waals surface area contributed by atoms with Gasteiger partial charge in [0.15, 0.2) is 0 Å². The molecule has 3 heteroatoms. The van der Waals surface area contributed by atoms with E-state index in [-0.39, 0.29) is 27.0 Å². The minimum atomic E-state index is -0.587. The minimum absolute atomic E-state index is 0.182. The van der Waals surface area contributed by atoms with Gasteiger partial charge in [-0.1, -0.05) is 0 Å². The van der Waals surface area contributed by atoms with Crippen molar-refractivity contribution in [3.05, 3.63) is 29.8 Å². The van der Waals surface area contributed by atoms with Gasteiger partial charge in [0, 0.05) is 0 Å². The van der Waals surface area contributed by atoms with Gasteiger partial charge < -0.3 is 0 Å². The van der Waals surface area contributed by atoms with Crippen LogP contribution < -0.4 is 21.2 Å². The number of phenolic OH excluding ortho intramolecular Hbond substituents is 1. The van der Waals surface area contributed by atoms with Gasteiger partial charge in [0.05, 0.1) is 0 Å². The molecule has 2 nitrogen and oxygen atoms in total. The van der Waals surface area contributed by atoms with Crippen molar-refractivity contribution in [2.45, 2.75) is 22.9 Å². The summed E-state index contributed by atoms with van der Waals surface area (Å²) in [7, 11) is 0. The van der Waals surface area contributed by atoms with Crippen molar-refractivity contribution in [1.29, 1.82) is 0 Å². The zero-order chi connectivity index (χ0) is 10.0. The number of rotatable bonds is 1. The van der Waals surface area contributed by atoms with Crippen molar-refractivity contribution in [1.82, 2.24) is 0 Å². The summed E-state index contributed by atoms with van der Waals surface area (Å²) in [5.41, 5.74) is 0.907. The molecule has 2 N–H and O–H groups in total. The molecule has 0 saturated carbocycles. The number of aliphatic hydroxyl groups is 1. The summed E-state index contributed by atoms with van der Waals surface area (Å²) < 4.78 is 0.598. The Bertz CT molecular complexity index is 319. The molecular formula is C11H14IO2-. The number of phenols is 1. The molecule has 0 aromatic heterocycles. The van der Waals surface area contributed by atoms with E-state index in [2.05, 4.69) is 0 Å². The van der Waals surface area contributed by atoms with E-state index in [4.69, 9.17) is 0 Å². The molecule has 0 amide bonds. The first kappa shape index (κ1) is 10.2. The van der Waals surface area contributed by atoms with Crippen LogP contribution in [0.1, 0.15) is 24.8 Å². The van der Waals surface area contributed by atoms with E-state index in [9.17, 15) is 10.2 Å². The quantitative estimate of drug-likeness (QED) is 0.506. The SMILES string of the molecule is Oc1cccc(C2(O)CCCC[I-]2)c1. The number of alkyl halides is 2. The fourth-order valence-corrected chi connectivity index (χ4v) is 5.06. The summed E-state index contributed by atoms with van der Waals surface area (Å²) >= 11 is -0.182. The summed E-state index contributed by atoms with van der Waals surface area (Å²) in [6.07, 6.45) is 3.23. The van der Waals surface area contributed by atoms with Gasteiger partial charge in [0.25, 0.3) is 0 Å². The van der Waals surface area contributed by atoms with Crippen LogP contribution in [0.15, 0.2) is 24.3 Å². The monoisotopic (exact) mass is 305 g/mol. The molecule has 0 bridgehead atoms. The van der Waals surface area contributed by atoms with Crippen LogP contribution in [-0.4, -0.2) is 14.6 Å². The van der Waals surface area contributed by atoms with Crippen molar-refractivity contribution >= 4 is 0 Å². The topological polar surface area (TPSA) is 40.5 Å². The van der Waals surface area contributed by atoms with Gasteiger partial charge in [-0.2, -0.15) is 0 Å². The molecule has 2 rings (SSSR count). The molecule has 1 saturated heterocycles. The Balaban J connectivity index is 2.28. The summed E-state index contributed by atoms with van der Waals surface area (Å²) in [6.45, 7) is 0. The van der Waals surface area contributed by atoms with Crippen LogP contribution in [-0.2, 0) is 3.61 Å². The van der Waals surface area contributed by atoms with E-state index in [0.29, 0.717) is 0 Å². The molecule has 1 aromatic rings. The molecule has 1 heterocycles. The third-order valence-corrected chi connectivity index (χ3v) is 6.22. The van der Waals surface area contributed by atoms with Crippen LogP contribution in [0.5, 0.6) is 5.75 Å². The van der Waals surface area contributed by atoms with E-state index in [0.717, 1.165) is 18.4 Å². The molecule has 1 aliphatic heterocycles. The second kappa shape index (κ2) is 4.06. The van der Waals surface area contributed by atoms with Crippen molar-refractivity contribution in [2.75, 3.05) is 4.43 Å². The van der Waals surface area contributed by atoms with Gasteiger partial charge in [-0.25, -0.2) is 0 Å². The fraction of sp³-hybridized carbons (Fsp3) is 0.455. The average Bonchev–Trinajstić information content (AvgIpc) is 2.19. The van der Waals surface area contributed by atoms with E-state index in [1.165, 1.54) is 10.8 Å². The number of halogens is 1. The Hall–Kier alpha value is -0.290. The summed E-state index contributed by atoms with van der Waals surface area (Å²) in [5, 5.41) is 19.8. The predicted octanol–water partition coefficient (Wildman–Crippen LogP) is -1.19. The molecule has 78 valence electrons. The second-order valence-electron chi connectivity index (χ2n) is 3.59. The molecule has 0 radical (unpaired) electrons. The predicted molar refractivity (Wildman–Crippen MR) is 50.7 cm³/mol. The summed E-state index contributed by atoms with van der Waals surface area (Å²) in [5.74, 6) is 0.255. The zero-order valence-corrected chi connectivity index (χ0v) is 10.1. The zero-order valence-electron chi connectivity index (χ0n) is 7.91. The van der Waals surface area contributed by atoms with Crippen molar-refractivity contribution in [3.63, 3.8) is 0 Å². The van der Waals surface area contributed by atoms with Crippen LogP contribution in [0.2, 0.25) is 0 Å². The fourth-order valence-electron chi connectivity index (χ4n) is 1.71.